The van der Waals surface area contributed by atoms with E-state index in [4.69, 9.17) is 0 Å². The lowest BCUT2D eigenvalue weighted by Crippen LogP contribution is -2.63. The van der Waals surface area contributed by atoms with Crippen LogP contribution in [0.25, 0.3) is 0 Å². The van der Waals surface area contributed by atoms with Gasteiger partial charge in [0.1, 0.15) is 18.1 Å². The number of rotatable bonds is 18. The number of carbonyl (C=O) groups excluding carboxylic acids is 6. The fraction of sp³-hybridized carbons (Fsp3) is 0.833. The largest absolute Gasteiger partial charge is 0.344 e. The number of ketones is 2. The zero-order valence-corrected chi connectivity index (χ0v) is 32.0. The molecular weight excluding hydrogens is 662 g/mol. The number of nitrogens with zero attached hydrogens (tertiary/aromatic N) is 1. The zero-order valence-electron chi connectivity index (χ0n) is 31.1. The summed E-state index contributed by atoms with van der Waals surface area (Å²) in [5, 5.41) is 8.55. The molecule has 0 aromatic heterocycles. The van der Waals surface area contributed by atoms with Crippen LogP contribution in [0, 0.1) is 23.2 Å². The second-order valence-electron chi connectivity index (χ2n) is 15.9. The molecule has 3 fully saturated rings. The van der Waals surface area contributed by atoms with Gasteiger partial charge in [-0.15, -0.1) is 0 Å². The third-order valence-corrected chi connectivity index (χ3v) is 11.1. The van der Waals surface area contributed by atoms with E-state index in [1.165, 1.54) is 11.8 Å². The lowest BCUT2D eigenvalue weighted by molar-refractivity contribution is -0.146. The molecule has 0 radical (unpaired) electrons. The van der Waals surface area contributed by atoms with E-state index >= 15 is 0 Å². The highest BCUT2D eigenvalue weighted by Gasteiger charge is 2.47. The van der Waals surface area contributed by atoms with Crippen molar-refractivity contribution in [1.82, 2.24) is 25.6 Å². The van der Waals surface area contributed by atoms with E-state index in [-0.39, 0.29) is 30.7 Å². The number of Topliss-reactive ketones (excluding diaryl/α,β-unsaturated/α-hetero) is 2. The lowest BCUT2D eigenvalue weighted by Gasteiger charge is -2.38. The molecule has 6 atom stereocenters. The van der Waals surface area contributed by atoms with Crippen LogP contribution in [0.4, 0.5) is 0 Å². The highest BCUT2D eigenvalue weighted by atomic mass is 32.2. The lowest BCUT2D eigenvalue weighted by atomic mass is 9.82. The van der Waals surface area contributed by atoms with Crippen LogP contribution in [0.2, 0.25) is 0 Å². The Kier molecular flexibility index (Phi) is 15.0. The molecule has 4 N–H and O–H groups in total. The average molecular weight is 724 g/mol. The molecule has 2 saturated carbocycles. The number of likely N-dealkylation sites (tertiary alicyclic amines) is 1. The van der Waals surface area contributed by atoms with Crippen LogP contribution in [0.3, 0.4) is 0 Å². The van der Waals surface area contributed by atoms with Gasteiger partial charge in [0.2, 0.25) is 45.2 Å². The van der Waals surface area contributed by atoms with Gasteiger partial charge in [0.05, 0.1) is 18.3 Å². The Hall–Kier alpha value is -2.87. The Morgan fingerprint density at radius 1 is 0.840 bits per heavy atom. The van der Waals surface area contributed by atoms with Gasteiger partial charge in [0.15, 0.2) is 0 Å². The summed E-state index contributed by atoms with van der Waals surface area (Å²) < 4.78 is 25.8. The topological polar surface area (TPSA) is 188 Å². The summed E-state index contributed by atoms with van der Waals surface area (Å²) in [4.78, 5) is 83.1. The molecule has 0 spiro atoms. The van der Waals surface area contributed by atoms with Crippen LogP contribution in [-0.4, -0.2) is 91.5 Å². The van der Waals surface area contributed by atoms with E-state index in [0.717, 1.165) is 44.8 Å². The van der Waals surface area contributed by atoms with Crippen molar-refractivity contribution in [3.63, 3.8) is 0 Å². The van der Waals surface area contributed by atoms with Gasteiger partial charge < -0.3 is 20.9 Å². The van der Waals surface area contributed by atoms with Crippen LogP contribution in [0.15, 0.2) is 0 Å². The Morgan fingerprint density at radius 3 is 2.02 bits per heavy atom. The third-order valence-electron chi connectivity index (χ3n) is 10.3. The fourth-order valence-electron chi connectivity index (χ4n) is 7.39. The van der Waals surface area contributed by atoms with Crippen LogP contribution < -0.4 is 20.7 Å². The van der Waals surface area contributed by atoms with Crippen molar-refractivity contribution in [3.05, 3.63) is 0 Å². The van der Waals surface area contributed by atoms with Crippen molar-refractivity contribution in [2.24, 2.45) is 23.2 Å². The third kappa shape index (κ3) is 11.8. The van der Waals surface area contributed by atoms with Crippen molar-refractivity contribution in [3.8, 4) is 0 Å². The minimum Gasteiger partial charge on any atom is -0.344 e. The molecule has 4 amide bonds. The highest BCUT2D eigenvalue weighted by molar-refractivity contribution is 7.88. The minimum absolute atomic E-state index is 0.169. The Bertz CT molecular complexity index is 1350. The first kappa shape index (κ1) is 41.5. The predicted octanol–water partition coefficient (Wildman–Crippen LogP) is 2.76. The number of amides is 4. The van der Waals surface area contributed by atoms with Gasteiger partial charge in [-0.05, 0) is 75.0 Å². The summed E-state index contributed by atoms with van der Waals surface area (Å²) in [6, 6.07) is -5.02. The fourth-order valence-corrected chi connectivity index (χ4v) is 8.14. The standard InChI is InChI=1S/C36H61N5O8S/c1-8-13-25-19-20-41(29(25)34(46)37-26(14-9-2)30(43)27(42)21-23-17-18-23)35(47)31(36(4,5)6)39-33(45)28(24-15-11-10-12-16-24)38-32(44)22(3)40-50(7,48)49/h22-26,28-29,31,40H,8-21H2,1-7H3,(H,37,46)(H,38,44)(H,39,45)/t22-,25+,26+,28-,29+,31-/m1/s1. The monoisotopic (exact) mass is 723 g/mol. The van der Waals surface area contributed by atoms with Gasteiger partial charge in [-0.1, -0.05) is 66.7 Å². The van der Waals surface area contributed by atoms with Crippen LogP contribution in [0.5, 0.6) is 0 Å². The van der Waals surface area contributed by atoms with Crippen molar-refractivity contribution in [2.75, 3.05) is 12.8 Å². The Labute approximate surface area is 298 Å². The van der Waals surface area contributed by atoms with Gasteiger partial charge in [-0.25, -0.2) is 13.1 Å². The molecule has 0 bridgehead atoms. The van der Waals surface area contributed by atoms with Crippen molar-refractivity contribution < 1.29 is 37.2 Å². The molecule has 3 rings (SSSR count). The summed E-state index contributed by atoms with van der Waals surface area (Å²) in [5.74, 6) is -3.29. The van der Waals surface area contributed by atoms with Crippen LogP contribution in [0.1, 0.15) is 125 Å². The summed E-state index contributed by atoms with van der Waals surface area (Å²) >= 11 is 0. The number of hydrogen-bond donors (Lipinski definition) is 4. The molecule has 50 heavy (non-hydrogen) atoms. The number of sulfonamides is 1. The molecule has 1 saturated heterocycles. The van der Waals surface area contributed by atoms with E-state index in [1.54, 1.807) is 0 Å². The van der Waals surface area contributed by atoms with Crippen molar-refractivity contribution >= 4 is 45.2 Å². The number of carbonyl (C=O) groups is 6. The molecule has 14 heteroatoms. The maximum Gasteiger partial charge on any atom is 0.246 e. The molecule has 13 nitrogen and oxygen atoms in total. The molecule has 0 aromatic rings. The predicted molar refractivity (Wildman–Crippen MR) is 190 cm³/mol. The average Bonchev–Trinajstić information content (AvgIpc) is 3.75. The molecule has 1 aliphatic heterocycles. The Morgan fingerprint density at radius 2 is 1.48 bits per heavy atom. The SMILES string of the molecule is CCC[C@H]1CCN(C(=O)[C@@H](NC(=O)[C@H](NC(=O)[C@@H](C)NS(C)(=O)=O)C2CCCCC2)C(C)(C)C)[C@@H]1C(=O)N[C@@H](CCC)C(=O)C(=O)CC1CC1. The molecule has 3 aliphatic rings. The maximum atomic E-state index is 14.5. The van der Waals surface area contributed by atoms with E-state index in [0.29, 0.717) is 38.5 Å². The second-order valence-corrected chi connectivity index (χ2v) is 17.7. The molecule has 0 unspecified atom stereocenters. The van der Waals surface area contributed by atoms with E-state index in [9.17, 15) is 37.2 Å². The summed E-state index contributed by atoms with van der Waals surface area (Å²) in [7, 11) is -3.68. The first-order valence-electron chi connectivity index (χ1n) is 18.6. The molecule has 284 valence electrons. The molecule has 1 heterocycles. The van der Waals surface area contributed by atoms with Crippen molar-refractivity contribution in [2.45, 2.75) is 155 Å². The smallest absolute Gasteiger partial charge is 0.246 e. The van der Waals surface area contributed by atoms with Gasteiger partial charge in [-0.2, -0.15) is 0 Å². The van der Waals surface area contributed by atoms with Gasteiger partial charge in [-0.3, -0.25) is 28.8 Å². The second kappa shape index (κ2) is 18.1. The first-order valence-corrected chi connectivity index (χ1v) is 20.5. The minimum atomic E-state index is -3.68. The van der Waals surface area contributed by atoms with Gasteiger partial charge in [0.25, 0.3) is 0 Å². The first-order chi connectivity index (χ1) is 23.4. The summed E-state index contributed by atoms with van der Waals surface area (Å²) in [6.45, 7) is 11.0. The van der Waals surface area contributed by atoms with E-state index in [2.05, 4.69) is 20.7 Å². The summed E-state index contributed by atoms with van der Waals surface area (Å²) in [5.41, 5.74) is -0.793. The number of nitrogens with one attached hydrogen (secondary N) is 4. The summed E-state index contributed by atoms with van der Waals surface area (Å²) in [6.07, 6.45) is 10.1. The van der Waals surface area contributed by atoms with Crippen LogP contribution in [-0.2, 0) is 38.8 Å². The quantitative estimate of drug-likeness (QED) is 0.155. The number of hydrogen-bond acceptors (Lipinski definition) is 8. The molecular formula is C36H61N5O8S. The normalized spacial score (nSPS) is 22.6. The Balaban J connectivity index is 1.86. The van der Waals surface area contributed by atoms with Crippen molar-refractivity contribution in [1.29, 1.82) is 0 Å². The van der Waals surface area contributed by atoms with Gasteiger partial charge in [0, 0.05) is 13.0 Å². The van der Waals surface area contributed by atoms with E-state index in [1.807, 2.05) is 34.6 Å². The van der Waals surface area contributed by atoms with E-state index < -0.39 is 80.8 Å². The zero-order chi connectivity index (χ0) is 37.4. The van der Waals surface area contributed by atoms with Crippen LogP contribution >= 0.6 is 0 Å². The molecule has 0 aromatic carbocycles. The highest BCUT2D eigenvalue weighted by Crippen LogP contribution is 2.34. The molecule has 2 aliphatic carbocycles. The maximum absolute atomic E-state index is 14.5. The van der Waals surface area contributed by atoms with Gasteiger partial charge >= 0.3 is 0 Å².